The normalized spacial score (nSPS) is 15.4. The molecule has 1 aromatic carbocycles. The van der Waals surface area contributed by atoms with Crippen molar-refractivity contribution in [3.05, 3.63) is 28.2 Å². The minimum Gasteiger partial charge on any atom is -0.492 e. The molecule has 130 valence electrons. The maximum atomic E-state index is 12.6. The van der Waals surface area contributed by atoms with Crippen molar-refractivity contribution < 1.29 is 9.53 Å². The number of rotatable bonds is 6. The van der Waals surface area contributed by atoms with Gasteiger partial charge in [0, 0.05) is 44.7 Å². The fourth-order valence-electron chi connectivity index (χ4n) is 2.57. The van der Waals surface area contributed by atoms with Gasteiger partial charge < -0.3 is 9.64 Å². The van der Waals surface area contributed by atoms with E-state index in [2.05, 4.69) is 40.7 Å². The van der Waals surface area contributed by atoms with E-state index in [1.54, 1.807) is 0 Å². The summed E-state index contributed by atoms with van der Waals surface area (Å²) in [4.78, 5) is 16.7. The summed E-state index contributed by atoms with van der Waals surface area (Å²) in [6.45, 7) is 8.68. The number of amides is 1. The monoisotopic (exact) mass is 393 g/mol. The second kappa shape index (κ2) is 9.05. The maximum Gasteiger partial charge on any atom is 0.253 e. The Kier molecular flexibility index (Phi) is 7.07. The summed E-state index contributed by atoms with van der Waals surface area (Å²) in [7, 11) is 0. The molecule has 0 radical (unpaired) electrons. The zero-order chi connectivity index (χ0) is 17.5. The number of carbonyl (C=O) groups is 1. The third-order valence-electron chi connectivity index (χ3n) is 3.95. The van der Waals surface area contributed by atoms with Crippen molar-refractivity contribution in [2.75, 3.05) is 39.3 Å². The maximum absolute atomic E-state index is 12.6. The molecule has 0 saturated carbocycles. The molecule has 1 aliphatic heterocycles. The highest BCUT2D eigenvalue weighted by atomic mass is 79.9. The fourth-order valence-corrected chi connectivity index (χ4v) is 3.07. The van der Waals surface area contributed by atoms with Crippen LogP contribution in [0, 0.1) is 17.2 Å². The molecule has 1 fully saturated rings. The van der Waals surface area contributed by atoms with Crippen molar-refractivity contribution in [1.82, 2.24) is 9.80 Å². The van der Waals surface area contributed by atoms with Gasteiger partial charge in [-0.15, -0.1) is 0 Å². The topological polar surface area (TPSA) is 56.6 Å². The first kappa shape index (κ1) is 18.8. The first-order chi connectivity index (χ1) is 11.5. The SMILES string of the molecule is CC(C)COc1ccc(C(=O)N2CCN(CCC#N)CC2)cc1Br. The molecule has 0 unspecified atom stereocenters. The van der Waals surface area contributed by atoms with Gasteiger partial charge in [-0.2, -0.15) is 5.26 Å². The van der Waals surface area contributed by atoms with E-state index in [1.165, 1.54) is 0 Å². The number of carbonyl (C=O) groups excluding carboxylic acids is 1. The van der Waals surface area contributed by atoms with Crippen LogP contribution in [0.3, 0.4) is 0 Å². The van der Waals surface area contributed by atoms with Crippen molar-refractivity contribution in [3.63, 3.8) is 0 Å². The molecule has 2 rings (SSSR count). The van der Waals surface area contributed by atoms with Crippen molar-refractivity contribution >= 4 is 21.8 Å². The molecule has 1 amide bonds. The van der Waals surface area contributed by atoms with E-state index in [0.29, 0.717) is 37.6 Å². The van der Waals surface area contributed by atoms with Gasteiger partial charge in [-0.05, 0) is 40.0 Å². The Morgan fingerprint density at radius 2 is 2.04 bits per heavy atom. The molecule has 0 aliphatic carbocycles. The average molecular weight is 394 g/mol. The molecule has 1 heterocycles. The summed E-state index contributed by atoms with van der Waals surface area (Å²) in [6.07, 6.45) is 0.540. The van der Waals surface area contributed by atoms with Gasteiger partial charge in [0.25, 0.3) is 5.91 Å². The van der Waals surface area contributed by atoms with Crippen molar-refractivity contribution in [1.29, 1.82) is 5.26 Å². The second-order valence-corrected chi connectivity index (χ2v) is 7.25. The Morgan fingerprint density at radius 3 is 2.62 bits per heavy atom. The first-order valence-electron chi connectivity index (χ1n) is 8.32. The molecule has 6 heteroatoms. The predicted molar refractivity (Wildman–Crippen MR) is 97.0 cm³/mol. The molecule has 0 bridgehead atoms. The second-order valence-electron chi connectivity index (χ2n) is 6.39. The number of piperazine rings is 1. The Labute approximate surface area is 152 Å². The molecule has 0 N–H and O–H groups in total. The minimum atomic E-state index is 0.0473. The van der Waals surface area contributed by atoms with Crippen molar-refractivity contribution in [2.24, 2.45) is 5.92 Å². The van der Waals surface area contributed by atoms with E-state index in [-0.39, 0.29) is 5.91 Å². The van der Waals surface area contributed by atoms with Crippen LogP contribution in [0.1, 0.15) is 30.6 Å². The molecule has 5 nitrogen and oxygen atoms in total. The van der Waals surface area contributed by atoms with Gasteiger partial charge in [-0.3, -0.25) is 9.69 Å². The Morgan fingerprint density at radius 1 is 1.33 bits per heavy atom. The third-order valence-corrected chi connectivity index (χ3v) is 4.57. The summed E-state index contributed by atoms with van der Waals surface area (Å²) >= 11 is 3.49. The summed E-state index contributed by atoms with van der Waals surface area (Å²) in [5, 5.41) is 8.65. The van der Waals surface area contributed by atoms with Crippen LogP contribution in [0.5, 0.6) is 5.75 Å². The number of benzene rings is 1. The molecule has 24 heavy (non-hydrogen) atoms. The summed E-state index contributed by atoms with van der Waals surface area (Å²) < 4.78 is 6.53. The van der Waals surface area contributed by atoms with E-state index in [9.17, 15) is 4.79 Å². The number of hydrogen-bond acceptors (Lipinski definition) is 4. The van der Waals surface area contributed by atoms with Crippen LogP contribution >= 0.6 is 15.9 Å². The lowest BCUT2D eigenvalue weighted by Crippen LogP contribution is -2.48. The van der Waals surface area contributed by atoms with Gasteiger partial charge in [-0.25, -0.2) is 0 Å². The van der Waals surface area contributed by atoms with Crippen LogP contribution in [0.25, 0.3) is 0 Å². The van der Waals surface area contributed by atoms with Crippen LogP contribution in [0.2, 0.25) is 0 Å². The van der Waals surface area contributed by atoms with E-state index in [4.69, 9.17) is 10.00 Å². The number of nitrogens with zero attached hydrogens (tertiary/aromatic N) is 3. The summed E-state index contributed by atoms with van der Waals surface area (Å²) in [5.74, 6) is 1.27. The van der Waals surface area contributed by atoms with E-state index >= 15 is 0 Å². The number of halogens is 1. The lowest BCUT2D eigenvalue weighted by atomic mass is 10.1. The summed E-state index contributed by atoms with van der Waals surface area (Å²) in [5.41, 5.74) is 0.671. The lowest BCUT2D eigenvalue weighted by molar-refractivity contribution is 0.0639. The molecule has 1 saturated heterocycles. The molecule has 1 aromatic rings. The van der Waals surface area contributed by atoms with Crippen LogP contribution in [0.4, 0.5) is 0 Å². The zero-order valence-electron chi connectivity index (χ0n) is 14.3. The quantitative estimate of drug-likeness (QED) is 0.744. The Balaban J connectivity index is 1.93. The molecule has 0 aromatic heterocycles. The highest BCUT2D eigenvalue weighted by Crippen LogP contribution is 2.27. The summed E-state index contributed by atoms with van der Waals surface area (Å²) in [6, 6.07) is 7.67. The molecular weight excluding hydrogens is 370 g/mol. The van der Waals surface area contributed by atoms with Gasteiger partial charge in [0.2, 0.25) is 0 Å². The lowest BCUT2D eigenvalue weighted by Gasteiger charge is -2.34. The number of ether oxygens (including phenoxy) is 1. The van der Waals surface area contributed by atoms with E-state index in [0.717, 1.165) is 29.9 Å². The minimum absolute atomic E-state index is 0.0473. The highest BCUT2D eigenvalue weighted by molar-refractivity contribution is 9.10. The van der Waals surface area contributed by atoms with Crippen molar-refractivity contribution in [3.8, 4) is 11.8 Å². The fraction of sp³-hybridized carbons (Fsp3) is 0.556. The van der Waals surface area contributed by atoms with Crippen LogP contribution < -0.4 is 4.74 Å². The van der Waals surface area contributed by atoms with Gasteiger partial charge in [-0.1, -0.05) is 13.8 Å². The van der Waals surface area contributed by atoms with Gasteiger partial charge in [0.05, 0.1) is 17.1 Å². The third kappa shape index (κ3) is 5.22. The zero-order valence-corrected chi connectivity index (χ0v) is 15.9. The van der Waals surface area contributed by atoms with Crippen LogP contribution in [0.15, 0.2) is 22.7 Å². The van der Waals surface area contributed by atoms with E-state index in [1.807, 2.05) is 23.1 Å². The standard InChI is InChI=1S/C18H24BrN3O2/c1-14(2)13-24-17-5-4-15(12-16(17)19)18(23)22-10-8-21(9-11-22)7-3-6-20/h4-5,12,14H,3,7-11,13H2,1-2H3. The molecule has 0 atom stereocenters. The van der Waals surface area contributed by atoms with Gasteiger partial charge in [0.15, 0.2) is 0 Å². The van der Waals surface area contributed by atoms with Gasteiger partial charge in [0.1, 0.15) is 5.75 Å². The molecular formula is C18H24BrN3O2. The van der Waals surface area contributed by atoms with Crippen LogP contribution in [-0.4, -0.2) is 55.0 Å². The first-order valence-corrected chi connectivity index (χ1v) is 9.11. The van der Waals surface area contributed by atoms with Gasteiger partial charge >= 0.3 is 0 Å². The smallest absolute Gasteiger partial charge is 0.253 e. The van der Waals surface area contributed by atoms with Crippen LogP contribution in [-0.2, 0) is 0 Å². The van der Waals surface area contributed by atoms with Crippen molar-refractivity contribution in [2.45, 2.75) is 20.3 Å². The molecule has 0 spiro atoms. The number of nitriles is 1. The highest BCUT2D eigenvalue weighted by Gasteiger charge is 2.22. The molecule has 1 aliphatic rings. The number of hydrogen-bond donors (Lipinski definition) is 0. The van der Waals surface area contributed by atoms with E-state index < -0.39 is 0 Å². The largest absolute Gasteiger partial charge is 0.492 e. The predicted octanol–water partition coefficient (Wildman–Crippen LogP) is 3.16. The average Bonchev–Trinajstić information content (AvgIpc) is 2.58. The Hall–Kier alpha value is -1.58. The Bertz CT molecular complexity index is 605.